The lowest BCUT2D eigenvalue weighted by atomic mass is 10.0. The highest BCUT2D eigenvalue weighted by atomic mass is 16.5. The second-order valence-electron chi connectivity index (χ2n) is 22.1. The molecule has 0 aromatic carbocycles. The minimum Gasteiger partial charge on any atom is -0.466 e. The van der Waals surface area contributed by atoms with E-state index in [1.807, 2.05) is 6.08 Å². The number of esters is 1. The summed E-state index contributed by atoms with van der Waals surface area (Å²) < 4.78 is 5.48. The molecule has 3 N–H and O–H groups in total. The monoisotopic (exact) mass is 1000 g/mol. The van der Waals surface area contributed by atoms with E-state index in [2.05, 4.69) is 31.3 Å². The van der Waals surface area contributed by atoms with Crippen LogP contribution in [0.2, 0.25) is 0 Å². The number of amides is 1. The van der Waals surface area contributed by atoms with Crippen molar-refractivity contribution in [3.05, 3.63) is 24.3 Å². The highest BCUT2D eigenvalue weighted by molar-refractivity contribution is 5.76. The minimum atomic E-state index is -0.843. The summed E-state index contributed by atoms with van der Waals surface area (Å²) in [6.07, 6.45) is 75.1. The molecule has 420 valence electrons. The lowest BCUT2D eigenvalue weighted by Crippen LogP contribution is -2.45. The Morgan fingerprint density at radius 1 is 0.380 bits per heavy atom. The van der Waals surface area contributed by atoms with Crippen LogP contribution in [0.25, 0.3) is 0 Å². The number of carbonyl (C=O) groups excluding carboxylic acids is 2. The highest BCUT2D eigenvalue weighted by Crippen LogP contribution is 2.18. The normalized spacial score (nSPS) is 12.7. The van der Waals surface area contributed by atoms with Gasteiger partial charge < -0.3 is 20.3 Å². The molecule has 2 atom stereocenters. The topological polar surface area (TPSA) is 95.9 Å². The molecular formula is C65H125NO5. The SMILES string of the molecule is CCCCCCC/C=C\CCCCCCCC(=O)OCCCCCCCCCCCCCCCCCCCCCCCCCCCC(=O)NC(CO)C(O)/C=C/CCCCCCCCCCCCCCC. The number of carbonyl (C=O) groups is 2. The van der Waals surface area contributed by atoms with E-state index in [0.29, 0.717) is 19.4 Å². The first-order valence-corrected chi connectivity index (χ1v) is 32.1. The first-order valence-electron chi connectivity index (χ1n) is 32.1. The zero-order valence-corrected chi connectivity index (χ0v) is 48.0. The fourth-order valence-electron chi connectivity index (χ4n) is 10.0. The fourth-order valence-corrected chi connectivity index (χ4v) is 10.0. The number of hydrogen-bond donors (Lipinski definition) is 3. The van der Waals surface area contributed by atoms with Crippen LogP contribution in [0.3, 0.4) is 0 Å². The summed E-state index contributed by atoms with van der Waals surface area (Å²) >= 11 is 0. The second-order valence-corrected chi connectivity index (χ2v) is 22.1. The van der Waals surface area contributed by atoms with Gasteiger partial charge in [0.15, 0.2) is 0 Å². The molecule has 6 heteroatoms. The minimum absolute atomic E-state index is 0.00774. The quantitative estimate of drug-likeness (QED) is 0.0320. The highest BCUT2D eigenvalue weighted by Gasteiger charge is 2.18. The van der Waals surface area contributed by atoms with Crippen molar-refractivity contribution in [2.45, 2.75) is 366 Å². The van der Waals surface area contributed by atoms with E-state index >= 15 is 0 Å². The molecule has 71 heavy (non-hydrogen) atoms. The predicted molar refractivity (Wildman–Crippen MR) is 310 cm³/mol. The predicted octanol–water partition coefficient (Wildman–Crippen LogP) is 20.2. The summed E-state index contributed by atoms with van der Waals surface area (Å²) in [7, 11) is 0. The van der Waals surface area contributed by atoms with Crippen LogP contribution in [0, 0.1) is 0 Å². The average Bonchev–Trinajstić information content (AvgIpc) is 3.37. The van der Waals surface area contributed by atoms with Crippen LogP contribution < -0.4 is 5.32 Å². The van der Waals surface area contributed by atoms with Gasteiger partial charge in [-0.15, -0.1) is 0 Å². The third kappa shape index (κ3) is 57.5. The van der Waals surface area contributed by atoms with Gasteiger partial charge in [-0.1, -0.05) is 308 Å². The van der Waals surface area contributed by atoms with Gasteiger partial charge in [0.25, 0.3) is 0 Å². The van der Waals surface area contributed by atoms with E-state index in [4.69, 9.17) is 4.74 Å². The Morgan fingerprint density at radius 2 is 0.662 bits per heavy atom. The first-order chi connectivity index (χ1) is 35.0. The van der Waals surface area contributed by atoms with Crippen molar-refractivity contribution >= 4 is 11.9 Å². The Hall–Kier alpha value is -1.66. The van der Waals surface area contributed by atoms with Crippen LogP contribution in [0.1, 0.15) is 354 Å². The number of allylic oxidation sites excluding steroid dienone is 3. The molecule has 0 saturated carbocycles. The van der Waals surface area contributed by atoms with Crippen LogP contribution in [-0.4, -0.2) is 47.4 Å². The number of nitrogens with one attached hydrogen (secondary N) is 1. The molecule has 0 aliphatic heterocycles. The zero-order chi connectivity index (χ0) is 51.4. The summed E-state index contributed by atoms with van der Waals surface area (Å²) in [6, 6.07) is -0.626. The molecule has 0 bridgehead atoms. The van der Waals surface area contributed by atoms with Gasteiger partial charge in [-0.05, 0) is 57.8 Å². The maximum absolute atomic E-state index is 12.5. The van der Waals surface area contributed by atoms with Gasteiger partial charge in [-0.25, -0.2) is 0 Å². The van der Waals surface area contributed by atoms with E-state index in [1.54, 1.807) is 6.08 Å². The number of aliphatic hydroxyl groups excluding tert-OH is 2. The van der Waals surface area contributed by atoms with Gasteiger partial charge in [0.1, 0.15) is 0 Å². The molecule has 0 aromatic heterocycles. The molecule has 0 saturated heterocycles. The number of unbranched alkanes of at least 4 members (excludes halogenated alkanes) is 47. The van der Waals surface area contributed by atoms with Crippen molar-refractivity contribution in [3.63, 3.8) is 0 Å². The standard InChI is InChI=1S/C65H125NO5/c1-3-5-7-9-11-13-15-17-30-33-37-41-45-49-53-57-63(68)62(61-67)66-64(69)58-54-50-46-42-38-34-31-28-26-24-22-20-19-21-23-25-27-29-32-36-40-44-48-52-56-60-71-65(70)59-55-51-47-43-39-35-18-16-14-12-10-8-6-4-2/h16,18,53,57,62-63,67-68H,3-15,17,19-52,54-56,58-61H2,1-2H3,(H,66,69)/b18-16-,57-53+. The van der Waals surface area contributed by atoms with Crippen molar-refractivity contribution in [3.8, 4) is 0 Å². The summed E-state index contributed by atoms with van der Waals surface area (Å²) in [5.74, 6) is -0.0566. The average molecular weight is 1000 g/mol. The van der Waals surface area contributed by atoms with E-state index < -0.39 is 12.1 Å². The Morgan fingerprint density at radius 3 is 1.00 bits per heavy atom. The Bertz CT molecular complexity index is 1110. The largest absolute Gasteiger partial charge is 0.466 e. The second kappa shape index (κ2) is 60.9. The van der Waals surface area contributed by atoms with Crippen molar-refractivity contribution in [1.29, 1.82) is 0 Å². The first kappa shape index (κ1) is 69.3. The number of hydrogen-bond acceptors (Lipinski definition) is 5. The Balaban J connectivity index is 3.37. The molecule has 0 spiro atoms. The van der Waals surface area contributed by atoms with Crippen molar-refractivity contribution in [1.82, 2.24) is 5.32 Å². The van der Waals surface area contributed by atoms with E-state index in [-0.39, 0.29) is 18.5 Å². The molecule has 0 rings (SSSR count). The van der Waals surface area contributed by atoms with E-state index in [1.165, 1.54) is 283 Å². The van der Waals surface area contributed by atoms with Crippen LogP contribution in [0.15, 0.2) is 24.3 Å². The Kier molecular flexibility index (Phi) is 59.5. The van der Waals surface area contributed by atoms with Crippen LogP contribution in [0.5, 0.6) is 0 Å². The molecule has 0 radical (unpaired) electrons. The number of ether oxygens (including phenoxy) is 1. The maximum Gasteiger partial charge on any atom is 0.305 e. The van der Waals surface area contributed by atoms with Gasteiger partial charge >= 0.3 is 5.97 Å². The van der Waals surface area contributed by atoms with Crippen molar-refractivity contribution in [2.24, 2.45) is 0 Å². The summed E-state index contributed by atoms with van der Waals surface area (Å²) in [6.45, 7) is 4.91. The summed E-state index contributed by atoms with van der Waals surface area (Å²) in [5, 5.41) is 23.1. The van der Waals surface area contributed by atoms with Gasteiger partial charge in [0.2, 0.25) is 5.91 Å². The van der Waals surface area contributed by atoms with Crippen molar-refractivity contribution in [2.75, 3.05) is 13.2 Å². The lowest BCUT2D eigenvalue weighted by molar-refractivity contribution is -0.143. The molecule has 0 heterocycles. The fraction of sp³-hybridized carbons (Fsp3) is 0.908. The molecule has 6 nitrogen and oxygen atoms in total. The molecule has 0 aliphatic carbocycles. The number of rotatable bonds is 60. The smallest absolute Gasteiger partial charge is 0.305 e. The van der Waals surface area contributed by atoms with Gasteiger partial charge in [0.05, 0.1) is 25.4 Å². The zero-order valence-electron chi connectivity index (χ0n) is 48.0. The van der Waals surface area contributed by atoms with Gasteiger partial charge in [-0.2, -0.15) is 0 Å². The Labute approximate surface area is 443 Å². The number of aliphatic hydroxyl groups is 2. The summed E-state index contributed by atoms with van der Waals surface area (Å²) in [5.41, 5.74) is 0. The molecule has 0 aliphatic rings. The van der Waals surface area contributed by atoms with Crippen molar-refractivity contribution < 1.29 is 24.5 Å². The molecule has 2 unspecified atom stereocenters. The maximum atomic E-state index is 12.5. The third-order valence-corrected chi connectivity index (χ3v) is 15.0. The molecule has 0 aromatic rings. The lowest BCUT2D eigenvalue weighted by Gasteiger charge is -2.20. The van der Waals surface area contributed by atoms with E-state index in [0.717, 1.165) is 44.9 Å². The molecule has 0 fully saturated rings. The van der Waals surface area contributed by atoms with Gasteiger partial charge in [-0.3, -0.25) is 9.59 Å². The van der Waals surface area contributed by atoms with Crippen LogP contribution in [-0.2, 0) is 14.3 Å². The molecular weight excluding hydrogens is 875 g/mol. The van der Waals surface area contributed by atoms with Crippen LogP contribution >= 0.6 is 0 Å². The van der Waals surface area contributed by atoms with Gasteiger partial charge in [0, 0.05) is 12.8 Å². The molecule has 1 amide bonds. The summed E-state index contributed by atoms with van der Waals surface area (Å²) in [4.78, 5) is 24.5. The third-order valence-electron chi connectivity index (χ3n) is 15.0. The van der Waals surface area contributed by atoms with Crippen LogP contribution in [0.4, 0.5) is 0 Å². The van der Waals surface area contributed by atoms with E-state index in [9.17, 15) is 19.8 Å².